The van der Waals surface area contributed by atoms with Crippen molar-refractivity contribution < 1.29 is 9.59 Å². The maximum atomic E-state index is 12.8. The Morgan fingerprint density at radius 3 is 2.48 bits per heavy atom. The quantitative estimate of drug-likeness (QED) is 0.683. The molecule has 27 heavy (non-hydrogen) atoms. The Kier molecular flexibility index (Phi) is 8.48. The molecule has 0 unspecified atom stereocenters. The lowest BCUT2D eigenvalue weighted by Crippen LogP contribution is -2.47. The van der Waals surface area contributed by atoms with Crippen LogP contribution in [0.2, 0.25) is 10.0 Å². The number of hydrogen-bond acceptors (Lipinski definition) is 3. The number of carbonyl (C=O) groups excluding carboxylic acids is 2. The number of halogens is 2. The van der Waals surface area contributed by atoms with Crippen LogP contribution < -0.4 is 5.32 Å². The first-order chi connectivity index (χ1) is 12.9. The lowest BCUT2D eigenvalue weighted by molar-refractivity contribution is -0.138. The molecule has 4 nitrogen and oxygen atoms in total. The summed E-state index contributed by atoms with van der Waals surface area (Å²) in [5.41, 5.74) is 1.90. The van der Waals surface area contributed by atoms with Gasteiger partial charge in [-0.25, -0.2) is 0 Å². The zero-order valence-electron chi connectivity index (χ0n) is 15.2. The molecule has 1 N–H and O–H groups in total. The highest BCUT2D eigenvalue weighted by atomic mass is 35.5. The second-order valence-electron chi connectivity index (χ2n) is 6.03. The first kappa shape index (κ1) is 21.6. The number of rotatable bonds is 8. The number of benzene rings is 2. The molecule has 0 spiro atoms. The molecule has 1 atom stereocenters. The van der Waals surface area contributed by atoms with E-state index in [9.17, 15) is 9.59 Å². The topological polar surface area (TPSA) is 49.4 Å². The molecule has 0 saturated carbocycles. The van der Waals surface area contributed by atoms with Crippen LogP contribution >= 0.6 is 35.0 Å². The summed E-state index contributed by atoms with van der Waals surface area (Å²) in [7, 11) is 1.56. The fraction of sp³-hybridized carbons (Fsp3) is 0.300. The van der Waals surface area contributed by atoms with Crippen molar-refractivity contribution in [2.45, 2.75) is 25.3 Å². The summed E-state index contributed by atoms with van der Waals surface area (Å²) in [4.78, 5) is 26.5. The number of nitrogens with zero attached hydrogens (tertiary/aromatic N) is 1. The summed E-state index contributed by atoms with van der Waals surface area (Å²) in [6.07, 6.45) is 0. The van der Waals surface area contributed by atoms with Crippen LogP contribution in [-0.4, -0.2) is 35.6 Å². The van der Waals surface area contributed by atoms with E-state index in [0.29, 0.717) is 10.0 Å². The molecule has 2 rings (SSSR count). The van der Waals surface area contributed by atoms with Gasteiger partial charge in [-0.3, -0.25) is 9.59 Å². The highest BCUT2D eigenvalue weighted by Gasteiger charge is 2.26. The normalized spacial score (nSPS) is 11.7. The van der Waals surface area contributed by atoms with Gasteiger partial charge in [0.2, 0.25) is 11.8 Å². The number of carbonyl (C=O) groups is 2. The molecule has 7 heteroatoms. The van der Waals surface area contributed by atoms with Gasteiger partial charge in [0.1, 0.15) is 6.04 Å². The van der Waals surface area contributed by atoms with E-state index in [1.165, 1.54) is 11.8 Å². The van der Waals surface area contributed by atoms with Gasteiger partial charge in [-0.15, -0.1) is 11.8 Å². The number of likely N-dealkylation sites (N-methyl/N-ethyl adjacent to an activating group) is 1. The number of amides is 2. The smallest absolute Gasteiger partial charge is 0.242 e. The van der Waals surface area contributed by atoms with E-state index in [4.69, 9.17) is 23.2 Å². The Hall–Kier alpha value is -1.69. The van der Waals surface area contributed by atoms with Crippen LogP contribution in [-0.2, 0) is 21.9 Å². The Labute approximate surface area is 174 Å². The molecule has 0 aromatic heterocycles. The first-order valence-corrected chi connectivity index (χ1v) is 10.4. The van der Waals surface area contributed by atoms with E-state index in [2.05, 4.69) is 5.32 Å². The van der Waals surface area contributed by atoms with Gasteiger partial charge >= 0.3 is 0 Å². The van der Waals surface area contributed by atoms with E-state index in [0.717, 1.165) is 16.9 Å². The van der Waals surface area contributed by atoms with Gasteiger partial charge in [0.05, 0.1) is 5.75 Å². The molecule has 0 fully saturated rings. The average molecular weight is 425 g/mol. The molecule has 0 aliphatic heterocycles. The van der Waals surface area contributed by atoms with E-state index in [1.807, 2.05) is 30.3 Å². The molecule has 2 aromatic rings. The summed E-state index contributed by atoms with van der Waals surface area (Å²) >= 11 is 13.7. The Bertz CT molecular complexity index is 787. The molecule has 0 bridgehead atoms. The van der Waals surface area contributed by atoms with Gasteiger partial charge in [-0.05, 0) is 30.2 Å². The van der Waals surface area contributed by atoms with Crippen molar-refractivity contribution >= 4 is 46.8 Å². The second-order valence-corrected chi connectivity index (χ2v) is 7.86. The van der Waals surface area contributed by atoms with E-state index < -0.39 is 6.04 Å². The minimum atomic E-state index is -0.605. The van der Waals surface area contributed by atoms with Crippen LogP contribution in [0, 0.1) is 0 Å². The molecule has 0 heterocycles. The van der Waals surface area contributed by atoms with Crippen molar-refractivity contribution in [1.29, 1.82) is 0 Å². The predicted octanol–water partition coefficient (Wildman–Crippen LogP) is 4.39. The lowest BCUT2D eigenvalue weighted by atomic mass is 10.1. The molecule has 0 aliphatic carbocycles. The Morgan fingerprint density at radius 1 is 1.15 bits per heavy atom. The fourth-order valence-corrected chi connectivity index (χ4v) is 3.88. The molecule has 2 amide bonds. The van der Waals surface area contributed by atoms with Crippen molar-refractivity contribution in [2.24, 2.45) is 0 Å². The van der Waals surface area contributed by atoms with Crippen molar-refractivity contribution in [2.75, 3.05) is 12.8 Å². The maximum Gasteiger partial charge on any atom is 0.242 e. The molecular formula is C20H22Cl2N2O2S. The number of thioether (sulfide) groups is 1. The van der Waals surface area contributed by atoms with Gasteiger partial charge in [0, 0.05) is 29.4 Å². The average Bonchev–Trinajstić information content (AvgIpc) is 2.67. The molecule has 0 aliphatic rings. The summed E-state index contributed by atoms with van der Waals surface area (Å²) in [5, 5.41) is 3.60. The predicted molar refractivity (Wildman–Crippen MR) is 113 cm³/mol. The minimum Gasteiger partial charge on any atom is -0.357 e. The van der Waals surface area contributed by atoms with Gasteiger partial charge in [0.25, 0.3) is 0 Å². The zero-order valence-corrected chi connectivity index (χ0v) is 17.6. The molecule has 2 aromatic carbocycles. The summed E-state index contributed by atoms with van der Waals surface area (Å²) in [6, 6.07) is 14.5. The van der Waals surface area contributed by atoms with Gasteiger partial charge in [-0.1, -0.05) is 59.6 Å². The molecule has 0 saturated heterocycles. The third kappa shape index (κ3) is 6.45. The van der Waals surface area contributed by atoms with E-state index in [-0.39, 0.29) is 24.1 Å². The van der Waals surface area contributed by atoms with Crippen LogP contribution in [0.4, 0.5) is 0 Å². The Morgan fingerprint density at radius 2 is 1.85 bits per heavy atom. The first-order valence-electron chi connectivity index (χ1n) is 8.49. The lowest BCUT2D eigenvalue weighted by Gasteiger charge is -2.28. The number of nitrogens with one attached hydrogen (secondary N) is 1. The summed E-state index contributed by atoms with van der Waals surface area (Å²) in [6.45, 7) is 1.96. The number of hydrogen-bond donors (Lipinski definition) is 1. The highest BCUT2D eigenvalue weighted by molar-refractivity contribution is 7.99. The van der Waals surface area contributed by atoms with Crippen molar-refractivity contribution in [3.8, 4) is 0 Å². The van der Waals surface area contributed by atoms with Gasteiger partial charge < -0.3 is 10.2 Å². The van der Waals surface area contributed by atoms with Crippen LogP contribution in [0.25, 0.3) is 0 Å². The summed E-state index contributed by atoms with van der Waals surface area (Å²) < 4.78 is 0. The second kappa shape index (κ2) is 10.6. The van der Waals surface area contributed by atoms with Crippen LogP contribution in [0.3, 0.4) is 0 Å². The monoisotopic (exact) mass is 424 g/mol. The van der Waals surface area contributed by atoms with Crippen LogP contribution in [0.15, 0.2) is 48.5 Å². The minimum absolute atomic E-state index is 0.113. The third-order valence-electron chi connectivity index (χ3n) is 4.11. The molecule has 144 valence electrons. The highest BCUT2D eigenvalue weighted by Crippen LogP contribution is 2.24. The maximum absolute atomic E-state index is 12.8. The SMILES string of the molecule is CNC(=O)[C@@H](C)N(Cc1ccc(Cl)cc1Cl)C(=O)CSCc1ccccc1. The largest absolute Gasteiger partial charge is 0.357 e. The van der Waals surface area contributed by atoms with E-state index in [1.54, 1.807) is 37.1 Å². The van der Waals surface area contributed by atoms with Crippen LogP contribution in [0.1, 0.15) is 18.1 Å². The standard InChI is InChI=1S/C20H22Cl2N2O2S/c1-14(20(26)23-2)24(11-16-8-9-17(21)10-18(16)22)19(25)13-27-12-15-6-4-3-5-7-15/h3-10,14H,11-13H2,1-2H3,(H,23,26)/t14-/m1/s1. The Balaban J connectivity index is 2.08. The van der Waals surface area contributed by atoms with Gasteiger partial charge in [-0.2, -0.15) is 0 Å². The zero-order chi connectivity index (χ0) is 19.8. The molecule has 0 radical (unpaired) electrons. The van der Waals surface area contributed by atoms with Crippen molar-refractivity contribution in [1.82, 2.24) is 10.2 Å². The fourth-order valence-electron chi connectivity index (χ4n) is 2.54. The van der Waals surface area contributed by atoms with Crippen LogP contribution in [0.5, 0.6) is 0 Å². The van der Waals surface area contributed by atoms with Crippen molar-refractivity contribution in [3.05, 3.63) is 69.7 Å². The third-order valence-corrected chi connectivity index (χ3v) is 5.68. The van der Waals surface area contributed by atoms with Crippen molar-refractivity contribution in [3.63, 3.8) is 0 Å². The summed E-state index contributed by atoms with van der Waals surface area (Å²) in [5.74, 6) is 0.678. The van der Waals surface area contributed by atoms with E-state index >= 15 is 0 Å². The molecular weight excluding hydrogens is 403 g/mol. The van der Waals surface area contributed by atoms with Gasteiger partial charge in [0.15, 0.2) is 0 Å².